The van der Waals surface area contributed by atoms with Crippen LogP contribution in [0.15, 0.2) is 114 Å². The second kappa shape index (κ2) is 17.8. The van der Waals surface area contributed by atoms with Crippen LogP contribution in [-0.4, -0.2) is 21.0 Å². The number of para-hydroxylation sites is 1. The summed E-state index contributed by atoms with van der Waals surface area (Å²) in [6, 6.07) is 34.6. The van der Waals surface area contributed by atoms with E-state index in [0.717, 1.165) is 23.4 Å². The van der Waals surface area contributed by atoms with Gasteiger partial charge in [-0.2, -0.15) is 0 Å². The van der Waals surface area contributed by atoms with Crippen molar-refractivity contribution in [1.29, 1.82) is 0 Å². The van der Waals surface area contributed by atoms with Crippen LogP contribution in [0.5, 0.6) is 0 Å². The van der Waals surface area contributed by atoms with Crippen LogP contribution in [-0.2, 0) is 16.4 Å². The van der Waals surface area contributed by atoms with Crippen molar-refractivity contribution in [3.8, 4) is 11.1 Å². The number of sulfonamides is 1. The minimum Gasteiger partial charge on any atom is -0.399 e. The molecule has 0 aromatic heterocycles. The molecule has 0 amide bonds. The first-order valence-corrected chi connectivity index (χ1v) is 15.0. The summed E-state index contributed by atoms with van der Waals surface area (Å²) in [5.41, 5.74) is 27.0. The van der Waals surface area contributed by atoms with Gasteiger partial charge in [-0.3, -0.25) is 0 Å². The Balaban J connectivity index is 0.000000195. The zero-order valence-electron chi connectivity index (χ0n) is 23.0. The Morgan fingerprint density at radius 2 is 1.10 bits per heavy atom. The van der Waals surface area contributed by atoms with E-state index in [1.54, 1.807) is 12.1 Å². The summed E-state index contributed by atoms with van der Waals surface area (Å²) < 4.78 is 21.7. The SMILES string of the molecule is NC1CCCCC1.NCCc1ccc(S(N)(=O)=O)cc1.Nc1ccc(-c2ccccc2)cc1.Nc1ccccc1. The van der Waals surface area contributed by atoms with Gasteiger partial charge in [-0.25, -0.2) is 13.6 Å². The van der Waals surface area contributed by atoms with E-state index in [9.17, 15) is 8.42 Å². The third kappa shape index (κ3) is 13.4. The summed E-state index contributed by atoms with van der Waals surface area (Å²) in [5.74, 6) is 0. The normalized spacial score (nSPS) is 12.9. The van der Waals surface area contributed by atoms with Crippen molar-refractivity contribution in [2.75, 3.05) is 18.0 Å². The Bertz CT molecular complexity index is 1310. The van der Waals surface area contributed by atoms with E-state index in [-0.39, 0.29) is 4.90 Å². The molecule has 4 aromatic rings. The van der Waals surface area contributed by atoms with Gasteiger partial charge in [0.2, 0.25) is 10.0 Å². The van der Waals surface area contributed by atoms with Crippen molar-refractivity contribution < 1.29 is 8.42 Å². The van der Waals surface area contributed by atoms with Crippen molar-refractivity contribution >= 4 is 21.4 Å². The molecule has 1 saturated carbocycles. The smallest absolute Gasteiger partial charge is 0.238 e. The van der Waals surface area contributed by atoms with Crippen LogP contribution in [0.3, 0.4) is 0 Å². The average Bonchev–Trinajstić information content (AvgIpc) is 2.96. The summed E-state index contributed by atoms with van der Waals surface area (Å²) in [7, 11) is -3.57. The van der Waals surface area contributed by atoms with Crippen LogP contribution in [0.2, 0.25) is 0 Å². The van der Waals surface area contributed by atoms with E-state index in [0.29, 0.717) is 12.6 Å². The lowest BCUT2D eigenvalue weighted by Gasteiger charge is -2.15. The maximum Gasteiger partial charge on any atom is 0.238 e. The molecule has 40 heavy (non-hydrogen) atoms. The van der Waals surface area contributed by atoms with E-state index < -0.39 is 10.0 Å². The van der Waals surface area contributed by atoms with Crippen LogP contribution in [0.25, 0.3) is 11.1 Å². The summed E-state index contributed by atoms with van der Waals surface area (Å²) in [6.45, 7) is 0.550. The van der Waals surface area contributed by atoms with Crippen LogP contribution >= 0.6 is 0 Å². The summed E-state index contributed by atoms with van der Waals surface area (Å²) in [6.07, 6.45) is 7.40. The highest BCUT2D eigenvalue weighted by molar-refractivity contribution is 7.89. The van der Waals surface area contributed by atoms with E-state index in [2.05, 4.69) is 12.1 Å². The molecular formula is C32H43N5O2S. The third-order valence-electron chi connectivity index (χ3n) is 6.15. The molecular weight excluding hydrogens is 518 g/mol. The molecule has 4 aromatic carbocycles. The highest BCUT2D eigenvalue weighted by Crippen LogP contribution is 2.19. The zero-order chi connectivity index (χ0) is 29.2. The van der Waals surface area contributed by atoms with Gasteiger partial charge in [-0.1, -0.05) is 92.1 Å². The van der Waals surface area contributed by atoms with Crippen LogP contribution < -0.4 is 28.1 Å². The van der Waals surface area contributed by atoms with E-state index in [4.69, 9.17) is 28.1 Å². The van der Waals surface area contributed by atoms with Gasteiger partial charge in [0.1, 0.15) is 0 Å². The number of rotatable bonds is 4. The number of primary sulfonamides is 1. The number of hydrogen-bond donors (Lipinski definition) is 5. The molecule has 0 atom stereocenters. The van der Waals surface area contributed by atoms with E-state index >= 15 is 0 Å². The van der Waals surface area contributed by atoms with E-state index in [1.807, 2.05) is 72.8 Å². The number of nitrogens with two attached hydrogens (primary N) is 5. The Morgan fingerprint density at radius 3 is 1.50 bits per heavy atom. The fourth-order valence-corrected chi connectivity index (χ4v) is 4.42. The minimum atomic E-state index is -3.57. The van der Waals surface area contributed by atoms with Crippen molar-refractivity contribution in [2.45, 2.75) is 49.5 Å². The van der Waals surface area contributed by atoms with Crippen LogP contribution in [0, 0.1) is 0 Å². The second-order valence-corrected chi connectivity index (χ2v) is 11.1. The molecule has 1 fully saturated rings. The quantitative estimate of drug-likeness (QED) is 0.212. The first-order chi connectivity index (χ1) is 19.2. The molecule has 5 rings (SSSR count). The number of anilines is 2. The predicted molar refractivity (Wildman–Crippen MR) is 169 cm³/mol. The molecule has 0 heterocycles. The first kappa shape index (κ1) is 32.5. The molecule has 8 heteroatoms. The van der Waals surface area contributed by atoms with Gasteiger partial charge in [0, 0.05) is 17.4 Å². The topological polar surface area (TPSA) is 164 Å². The van der Waals surface area contributed by atoms with Crippen molar-refractivity contribution in [1.82, 2.24) is 0 Å². The Hall–Kier alpha value is -3.69. The third-order valence-corrected chi connectivity index (χ3v) is 7.08. The molecule has 0 unspecified atom stereocenters. The molecule has 10 N–H and O–H groups in total. The molecule has 0 aliphatic heterocycles. The lowest BCUT2D eigenvalue weighted by Crippen LogP contribution is -2.22. The Morgan fingerprint density at radius 1 is 0.625 bits per heavy atom. The van der Waals surface area contributed by atoms with Gasteiger partial charge in [-0.15, -0.1) is 0 Å². The average molecular weight is 562 g/mol. The van der Waals surface area contributed by atoms with Gasteiger partial charge in [-0.05, 0) is 78.9 Å². The molecule has 1 aliphatic carbocycles. The highest BCUT2D eigenvalue weighted by atomic mass is 32.2. The molecule has 7 nitrogen and oxygen atoms in total. The number of benzene rings is 4. The molecule has 214 valence electrons. The summed E-state index contributed by atoms with van der Waals surface area (Å²) >= 11 is 0. The molecule has 0 bridgehead atoms. The van der Waals surface area contributed by atoms with Crippen molar-refractivity contribution in [3.63, 3.8) is 0 Å². The minimum absolute atomic E-state index is 0.133. The van der Waals surface area contributed by atoms with Crippen LogP contribution in [0.4, 0.5) is 11.4 Å². The van der Waals surface area contributed by atoms with Gasteiger partial charge in [0.25, 0.3) is 0 Å². The summed E-state index contributed by atoms with van der Waals surface area (Å²) in [4.78, 5) is 0.133. The van der Waals surface area contributed by atoms with Gasteiger partial charge in [0.15, 0.2) is 0 Å². The van der Waals surface area contributed by atoms with E-state index in [1.165, 1.54) is 55.4 Å². The first-order valence-electron chi connectivity index (χ1n) is 13.5. The molecule has 1 aliphatic rings. The van der Waals surface area contributed by atoms with Crippen molar-refractivity contribution in [3.05, 3.63) is 115 Å². The lowest BCUT2D eigenvalue weighted by atomic mass is 9.97. The van der Waals surface area contributed by atoms with Gasteiger partial charge < -0.3 is 22.9 Å². The Kier molecular flexibility index (Phi) is 14.5. The second-order valence-electron chi connectivity index (χ2n) is 9.52. The van der Waals surface area contributed by atoms with Crippen LogP contribution in [0.1, 0.15) is 37.7 Å². The molecule has 0 spiro atoms. The number of hydrogen-bond acceptors (Lipinski definition) is 6. The largest absolute Gasteiger partial charge is 0.399 e. The van der Waals surface area contributed by atoms with Gasteiger partial charge in [0.05, 0.1) is 4.90 Å². The monoisotopic (exact) mass is 561 g/mol. The zero-order valence-corrected chi connectivity index (χ0v) is 23.8. The fraction of sp³-hybridized carbons (Fsp3) is 0.250. The van der Waals surface area contributed by atoms with Gasteiger partial charge >= 0.3 is 0 Å². The standard InChI is InChI=1S/C12H11N.C8H12N2O2S.C6H13N.C6H7N/c13-12-8-6-11(7-9-12)10-4-2-1-3-5-10;9-6-5-7-1-3-8(4-2-7)13(10,11)12;2*7-6-4-2-1-3-5-6/h1-9H,13H2;1-4H,5-6,9H2,(H2,10,11,12);6H,1-5,7H2;1-5H,7H2. The summed E-state index contributed by atoms with van der Waals surface area (Å²) in [5, 5.41) is 4.93. The molecule has 0 radical (unpaired) electrons. The predicted octanol–water partition coefficient (Wildman–Crippen LogP) is 5.32. The maximum absolute atomic E-state index is 10.9. The number of nitrogen functional groups attached to an aromatic ring is 2. The van der Waals surface area contributed by atoms with Crippen molar-refractivity contribution in [2.24, 2.45) is 16.6 Å². The Labute approximate surface area is 239 Å². The lowest BCUT2D eigenvalue weighted by molar-refractivity contribution is 0.441. The highest BCUT2D eigenvalue weighted by Gasteiger charge is 2.07. The molecule has 0 saturated heterocycles. The maximum atomic E-state index is 10.9. The fourth-order valence-electron chi connectivity index (χ4n) is 3.91.